The number of carbonyl (C=O) groups is 5. The molecule has 2 aliphatic rings. The molecule has 1 aliphatic heterocycles. The molecule has 0 radical (unpaired) electrons. The lowest BCUT2D eigenvalue weighted by Crippen LogP contribution is -2.61. The van der Waals surface area contributed by atoms with Crippen molar-refractivity contribution < 1.29 is 32.4 Å². The minimum atomic E-state index is -3.53. The molecule has 5 amide bonds. The quantitative estimate of drug-likeness (QED) is 0.115. The van der Waals surface area contributed by atoms with E-state index in [2.05, 4.69) is 27.8 Å². The molecule has 5 atom stereocenters. The number of nitrogens with one attached hydrogen (secondary N) is 4. The molecule has 1 fully saturated rings. The minimum absolute atomic E-state index is 0.0267. The van der Waals surface area contributed by atoms with Gasteiger partial charge >= 0.3 is 6.03 Å². The van der Waals surface area contributed by atoms with Gasteiger partial charge in [-0.25, -0.2) is 17.5 Å². The Kier molecular flexibility index (Phi) is 17.6. The minimum Gasteiger partial charge on any atom is -0.345 e. The summed E-state index contributed by atoms with van der Waals surface area (Å²) in [5, 5.41) is 13.2. The summed E-state index contributed by atoms with van der Waals surface area (Å²) >= 11 is 1.34. The SMILES string of the molecule is C=C(CNC(=O)C(=O)C(CCC)NC(=O)[C@@H]1[C@@H](C=C(C)C)CCN1C(=O)[C@@H](NC(=O)N[C@H](CN(C)S(=O)(=O)CC)C(C)(C)C)C1Cc2ccccc2C1)S/C=C\C. The average Bonchev–Trinajstić information content (AvgIpc) is 3.77. The second kappa shape index (κ2) is 21.2. The number of nitrogens with zero attached hydrogens (tertiary/aromatic N) is 2. The van der Waals surface area contributed by atoms with Crippen LogP contribution in [0.25, 0.3) is 0 Å². The lowest BCUT2D eigenvalue weighted by Gasteiger charge is -2.36. The van der Waals surface area contributed by atoms with Crippen molar-refractivity contribution in [2.45, 2.75) is 112 Å². The summed E-state index contributed by atoms with van der Waals surface area (Å²) in [5.74, 6) is -3.40. The molecule has 1 aromatic rings. The maximum absolute atomic E-state index is 14.9. The number of hydrogen-bond acceptors (Lipinski definition) is 8. The Bertz CT molecular complexity index is 1780. The Morgan fingerprint density at radius 1 is 1.04 bits per heavy atom. The fraction of sp³-hybridized carbons (Fsp3) is 0.595. The molecule has 0 aromatic heterocycles. The van der Waals surface area contributed by atoms with Gasteiger partial charge in [-0.05, 0) is 81.2 Å². The Balaban J connectivity index is 1.94. The van der Waals surface area contributed by atoms with Crippen molar-refractivity contribution in [3.05, 3.63) is 70.0 Å². The van der Waals surface area contributed by atoms with Gasteiger partial charge in [-0.3, -0.25) is 19.2 Å². The Morgan fingerprint density at radius 2 is 1.67 bits per heavy atom. The summed E-state index contributed by atoms with van der Waals surface area (Å²) in [5.41, 5.74) is 2.55. The summed E-state index contributed by atoms with van der Waals surface area (Å²) in [4.78, 5) is 71.8. The van der Waals surface area contributed by atoms with Crippen molar-refractivity contribution in [1.82, 2.24) is 30.5 Å². The molecule has 4 N–H and O–H groups in total. The van der Waals surface area contributed by atoms with Crippen molar-refractivity contribution in [3.63, 3.8) is 0 Å². The molecule has 13 nitrogen and oxygen atoms in total. The summed E-state index contributed by atoms with van der Waals surface area (Å²) in [7, 11) is -2.05. The van der Waals surface area contributed by atoms with Gasteiger partial charge in [0.1, 0.15) is 12.1 Å². The number of amides is 5. The highest BCUT2D eigenvalue weighted by molar-refractivity contribution is 8.05. The second-order valence-corrected chi connectivity index (χ2v) is 19.8. The van der Waals surface area contributed by atoms with Crippen molar-refractivity contribution in [2.75, 3.05) is 32.4 Å². The molecule has 15 heteroatoms. The number of rotatable bonds is 19. The normalized spacial score (nSPS) is 18.7. The standard InChI is InChI=1S/C42H64N6O7S2/c1-11-16-33(37(49)39(51)43-25-28(6)56-21-12-2)44-38(50)36-31(22-27(4)5)19-20-48(36)40(52)35(32-23-29-17-14-15-18-30(29)24-32)46-41(53)45-34(42(7,8)9)26-47(10)57(54,55)13-3/h12,14-15,17-18,21-22,31-36H,6,11,13,16,19-20,23-26H2,1-5,7-10H3,(H,43,51)(H,44,50)(H2,45,46,53)/b21-12-/t31-,33?,34-,35+,36+/m1/s1. The van der Waals surface area contributed by atoms with Crippen LogP contribution in [-0.4, -0.2) is 104 Å². The van der Waals surface area contributed by atoms with Gasteiger partial charge in [0.25, 0.3) is 5.91 Å². The van der Waals surface area contributed by atoms with E-state index >= 15 is 0 Å². The van der Waals surface area contributed by atoms with E-state index in [0.29, 0.717) is 30.6 Å². The maximum atomic E-state index is 14.9. The highest BCUT2D eigenvalue weighted by Gasteiger charge is 2.46. The largest absolute Gasteiger partial charge is 0.345 e. The number of carbonyl (C=O) groups excluding carboxylic acids is 5. The number of likely N-dealkylation sites (tertiary alicyclic amines) is 1. The molecule has 1 aliphatic carbocycles. The molecule has 1 heterocycles. The van der Waals surface area contributed by atoms with Crippen LogP contribution in [0.1, 0.15) is 85.8 Å². The third-order valence-electron chi connectivity index (χ3n) is 10.5. The van der Waals surface area contributed by atoms with Crippen LogP contribution >= 0.6 is 11.8 Å². The Labute approximate surface area is 344 Å². The van der Waals surface area contributed by atoms with Gasteiger partial charge < -0.3 is 26.2 Å². The zero-order valence-corrected chi connectivity index (χ0v) is 36.8. The van der Waals surface area contributed by atoms with Gasteiger partial charge in [-0.15, -0.1) is 11.8 Å². The predicted molar refractivity (Wildman–Crippen MR) is 228 cm³/mol. The van der Waals surface area contributed by atoms with Crippen LogP contribution in [0.3, 0.4) is 0 Å². The van der Waals surface area contributed by atoms with Gasteiger partial charge in [-0.1, -0.05) is 82.7 Å². The first-order chi connectivity index (χ1) is 26.7. The smallest absolute Gasteiger partial charge is 0.315 e. The number of hydrogen-bond donors (Lipinski definition) is 4. The summed E-state index contributed by atoms with van der Waals surface area (Å²) in [6, 6.07) is 3.49. The van der Waals surface area contributed by atoms with Gasteiger partial charge in [0.2, 0.25) is 27.6 Å². The molecule has 3 rings (SSSR count). The van der Waals surface area contributed by atoms with E-state index in [4.69, 9.17) is 0 Å². The van der Waals surface area contributed by atoms with Crippen molar-refractivity contribution >= 4 is 51.3 Å². The molecule has 0 saturated carbocycles. The number of thioether (sulfide) groups is 1. The van der Waals surface area contributed by atoms with Crippen molar-refractivity contribution in [2.24, 2.45) is 17.3 Å². The molecular formula is C42H64N6O7S2. The molecule has 1 aromatic carbocycles. The number of sulfonamides is 1. The first-order valence-electron chi connectivity index (χ1n) is 19.8. The number of Topliss-reactive ketones (excluding diaryl/α,β-unsaturated/α-hetero) is 1. The summed E-state index contributed by atoms with van der Waals surface area (Å²) in [6.07, 6.45) is 6.04. The van der Waals surface area contributed by atoms with E-state index in [1.165, 1.54) is 28.0 Å². The number of allylic oxidation sites excluding steroid dienone is 2. The van der Waals surface area contributed by atoms with Gasteiger partial charge in [0.05, 0.1) is 11.8 Å². The number of urea groups is 1. The van der Waals surface area contributed by atoms with Crippen LogP contribution in [0, 0.1) is 17.3 Å². The van der Waals surface area contributed by atoms with Crippen LogP contribution < -0.4 is 21.3 Å². The Hall–Kier alpha value is -3.95. The lowest BCUT2D eigenvalue weighted by molar-refractivity contribution is -0.143. The molecule has 57 heavy (non-hydrogen) atoms. The second-order valence-electron chi connectivity index (χ2n) is 16.3. The highest BCUT2D eigenvalue weighted by atomic mass is 32.2. The van der Waals surface area contributed by atoms with Crippen molar-refractivity contribution in [1.29, 1.82) is 0 Å². The van der Waals surface area contributed by atoms with Crippen LogP contribution in [0.5, 0.6) is 0 Å². The molecule has 0 spiro atoms. The summed E-state index contributed by atoms with van der Waals surface area (Å²) < 4.78 is 26.5. The van der Waals surface area contributed by atoms with Gasteiger partial charge in [0.15, 0.2) is 0 Å². The molecule has 1 unspecified atom stereocenters. The first kappa shape index (κ1) is 47.4. The average molecular weight is 829 g/mol. The van der Waals surface area contributed by atoms with Crippen LogP contribution in [0.2, 0.25) is 0 Å². The fourth-order valence-electron chi connectivity index (χ4n) is 7.30. The van der Waals surface area contributed by atoms with Crippen LogP contribution in [0.4, 0.5) is 4.79 Å². The fourth-order valence-corrected chi connectivity index (χ4v) is 8.60. The van der Waals surface area contributed by atoms with Crippen LogP contribution in [-0.2, 0) is 42.0 Å². The Morgan fingerprint density at radius 3 is 2.21 bits per heavy atom. The first-order valence-corrected chi connectivity index (χ1v) is 22.3. The number of benzene rings is 1. The number of ketones is 1. The van der Waals surface area contributed by atoms with Crippen molar-refractivity contribution in [3.8, 4) is 0 Å². The third-order valence-corrected chi connectivity index (χ3v) is 13.2. The van der Waals surface area contributed by atoms with E-state index in [0.717, 1.165) is 16.7 Å². The topological polar surface area (TPSA) is 174 Å². The molecule has 316 valence electrons. The van der Waals surface area contributed by atoms with E-state index in [9.17, 15) is 32.4 Å². The molecular weight excluding hydrogens is 765 g/mol. The highest BCUT2D eigenvalue weighted by Crippen LogP contribution is 2.33. The predicted octanol–water partition coefficient (Wildman–Crippen LogP) is 4.70. The summed E-state index contributed by atoms with van der Waals surface area (Å²) in [6.45, 7) is 19.0. The van der Waals surface area contributed by atoms with E-state index in [1.54, 1.807) is 6.92 Å². The van der Waals surface area contributed by atoms with E-state index in [1.807, 2.05) is 90.3 Å². The lowest BCUT2D eigenvalue weighted by atomic mass is 9.86. The monoisotopic (exact) mass is 828 g/mol. The van der Waals surface area contributed by atoms with E-state index in [-0.39, 0.29) is 43.6 Å². The number of fused-ring (bicyclic) bond motifs is 1. The zero-order valence-electron chi connectivity index (χ0n) is 35.1. The van der Waals surface area contributed by atoms with Gasteiger partial charge in [-0.2, -0.15) is 0 Å². The van der Waals surface area contributed by atoms with Gasteiger partial charge in [0, 0.05) is 43.5 Å². The number of likely N-dealkylation sites (N-methyl/N-ethyl adjacent to an activating group) is 1. The zero-order chi connectivity index (χ0) is 42.7. The van der Waals surface area contributed by atoms with E-state index < -0.39 is 69.1 Å². The molecule has 0 bridgehead atoms. The molecule has 1 saturated heterocycles. The van der Waals surface area contributed by atoms with Crippen LogP contribution in [0.15, 0.2) is 58.9 Å². The third kappa shape index (κ3) is 13.3. The maximum Gasteiger partial charge on any atom is 0.315 e.